The van der Waals surface area contributed by atoms with E-state index in [0.717, 1.165) is 12.8 Å². The van der Waals surface area contributed by atoms with E-state index in [1.807, 2.05) is 0 Å². The van der Waals surface area contributed by atoms with Gasteiger partial charge in [-0.15, -0.1) is 0 Å². The maximum Gasteiger partial charge on any atom is 0.289 e. The van der Waals surface area contributed by atoms with Crippen LogP contribution in [0.4, 0.5) is 0 Å². The second-order valence-corrected chi connectivity index (χ2v) is 5.26. The molecule has 0 aromatic carbocycles. The standard InChI is InChI=1S/C10H15ClN6/c1-9(2,5-12)16-8-13-6-14-10(11,17-8)15-7-3-4-7/h6-7,15H,3-4H2,1-2H3,(H2,13,14,16,17). The molecule has 2 aliphatic rings. The van der Waals surface area contributed by atoms with Gasteiger partial charge in [-0.25, -0.2) is 4.99 Å². The van der Waals surface area contributed by atoms with Crippen LogP contribution < -0.4 is 16.0 Å². The molecule has 2 rings (SSSR count). The highest BCUT2D eigenvalue weighted by Gasteiger charge is 2.36. The minimum atomic E-state index is -1.15. The minimum absolute atomic E-state index is 0.386. The number of rotatable bonds is 3. The fourth-order valence-corrected chi connectivity index (χ4v) is 1.62. The molecule has 0 aromatic heterocycles. The first kappa shape index (κ1) is 12.1. The summed E-state index contributed by atoms with van der Waals surface area (Å²) in [4.78, 5) is 8.28. The number of alkyl halides is 1. The molecule has 0 saturated heterocycles. The second-order valence-electron chi connectivity index (χ2n) is 4.73. The molecule has 1 atom stereocenters. The van der Waals surface area contributed by atoms with E-state index < -0.39 is 10.8 Å². The van der Waals surface area contributed by atoms with E-state index in [1.54, 1.807) is 13.8 Å². The normalized spacial score (nSPS) is 28.0. The van der Waals surface area contributed by atoms with Gasteiger partial charge in [0, 0.05) is 6.04 Å². The van der Waals surface area contributed by atoms with Gasteiger partial charge in [0.25, 0.3) is 5.25 Å². The van der Waals surface area contributed by atoms with Crippen molar-refractivity contribution in [1.29, 1.82) is 5.26 Å². The first-order valence-corrected chi connectivity index (χ1v) is 5.86. The Labute approximate surface area is 105 Å². The molecule has 6 nitrogen and oxygen atoms in total. The van der Waals surface area contributed by atoms with Crippen LogP contribution in [0.15, 0.2) is 9.98 Å². The first-order chi connectivity index (χ1) is 7.92. The molecular formula is C10H15ClN6. The summed E-state index contributed by atoms with van der Waals surface area (Å²) in [7, 11) is 0. The fourth-order valence-electron chi connectivity index (χ4n) is 1.33. The monoisotopic (exact) mass is 254 g/mol. The average Bonchev–Trinajstić information content (AvgIpc) is 3.00. The van der Waals surface area contributed by atoms with Gasteiger partial charge in [0.15, 0.2) is 0 Å². The number of nitrogens with zero attached hydrogens (tertiary/aromatic N) is 3. The Morgan fingerprint density at radius 2 is 2.35 bits per heavy atom. The zero-order chi connectivity index (χ0) is 12.5. The van der Waals surface area contributed by atoms with E-state index in [4.69, 9.17) is 16.9 Å². The van der Waals surface area contributed by atoms with Gasteiger partial charge in [-0.05, 0) is 38.3 Å². The third kappa shape index (κ3) is 3.32. The van der Waals surface area contributed by atoms with Crippen LogP contribution in [0.1, 0.15) is 26.7 Å². The van der Waals surface area contributed by atoms with Gasteiger partial charge in [0.2, 0.25) is 5.96 Å². The molecule has 0 aromatic rings. The summed E-state index contributed by atoms with van der Waals surface area (Å²) < 4.78 is 0. The smallest absolute Gasteiger partial charge is 0.289 e. The molecule has 1 aliphatic carbocycles. The third-order valence-electron chi connectivity index (χ3n) is 2.37. The van der Waals surface area contributed by atoms with Crippen molar-refractivity contribution in [2.75, 3.05) is 0 Å². The lowest BCUT2D eigenvalue weighted by Crippen LogP contribution is -2.53. The SMILES string of the molecule is CC(C)(C#N)NC1=NC(Cl)(NC2CC2)N=CN1. The number of hydrogen-bond donors (Lipinski definition) is 3. The van der Waals surface area contributed by atoms with Gasteiger partial charge >= 0.3 is 0 Å². The number of aliphatic imine (C=N–C) groups is 2. The van der Waals surface area contributed by atoms with Crippen LogP contribution >= 0.6 is 11.6 Å². The molecule has 1 unspecified atom stereocenters. The van der Waals surface area contributed by atoms with Crippen molar-refractivity contribution in [3.8, 4) is 6.07 Å². The number of guanidine groups is 1. The maximum atomic E-state index is 8.93. The zero-order valence-corrected chi connectivity index (χ0v) is 10.5. The van der Waals surface area contributed by atoms with Gasteiger partial charge in [-0.2, -0.15) is 10.3 Å². The highest BCUT2D eigenvalue weighted by molar-refractivity contribution is 6.24. The molecule has 92 valence electrons. The van der Waals surface area contributed by atoms with Gasteiger partial charge in [0.1, 0.15) is 5.54 Å². The highest BCUT2D eigenvalue weighted by Crippen LogP contribution is 2.26. The Kier molecular flexibility index (Phi) is 2.98. The summed E-state index contributed by atoms with van der Waals surface area (Å²) in [6.07, 6.45) is 3.67. The summed E-state index contributed by atoms with van der Waals surface area (Å²) >= 11 is 6.22. The summed E-state index contributed by atoms with van der Waals surface area (Å²) in [5, 5.41) is 16.7. The number of nitrogens with one attached hydrogen (secondary N) is 3. The molecule has 1 aliphatic heterocycles. The molecule has 1 fully saturated rings. The predicted octanol–water partition coefficient (Wildman–Crippen LogP) is 0.468. The molecule has 0 spiro atoms. The van der Waals surface area contributed by atoms with Gasteiger partial charge < -0.3 is 10.6 Å². The molecule has 1 saturated carbocycles. The zero-order valence-electron chi connectivity index (χ0n) is 9.79. The largest absolute Gasteiger partial charge is 0.338 e. The topological polar surface area (TPSA) is 84.6 Å². The number of halogens is 1. The van der Waals surface area contributed by atoms with Crippen molar-refractivity contribution in [3.05, 3.63) is 0 Å². The van der Waals surface area contributed by atoms with Crippen LogP contribution in [0, 0.1) is 11.3 Å². The van der Waals surface area contributed by atoms with Crippen molar-refractivity contribution < 1.29 is 0 Å². The van der Waals surface area contributed by atoms with Crippen molar-refractivity contribution in [1.82, 2.24) is 16.0 Å². The van der Waals surface area contributed by atoms with Crippen LogP contribution in [0.3, 0.4) is 0 Å². The van der Waals surface area contributed by atoms with E-state index in [1.165, 1.54) is 6.34 Å². The summed E-state index contributed by atoms with van der Waals surface area (Å²) in [5.41, 5.74) is -0.714. The van der Waals surface area contributed by atoms with Crippen molar-refractivity contribution in [2.45, 2.75) is 43.5 Å². The molecule has 0 amide bonds. The Balaban J connectivity index is 2.05. The van der Waals surface area contributed by atoms with Crippen LogP contribution in [0.5, 0.6) is 0 Å². The Morgan fingerprint density at radius 1 is 1.65 bits per heavy atom. The molecule has 17 heavy (non-hydrogen) atoms. The van der Waals surface area contributed by atoms with Crippen LogP contribution in [0.25, 0.3) is 0 Å². The molecular weight excluding hydrogens is 240 g/mol. The van der Waals surface area contributed by atoms with E-state index in [0.29, 0.717) is 12.0 Å². The minimum Gasteiger partial charge on any atom is -0.338 e. The van der Waals surface area contributed by atoms with Gasteiger partial charge in [-0.3, -0.25) is 5.32 Å². The second kappa shape index (κ2) is 4.17. The quantitative estimate of drug-likeness (QED) is 0.505. The van der Waals surface area contributed by atoms with E-state index in [-0.39, 0.29) is 0 Å². The van der Waals surface area contributed by atoms with Crippen molar-refractivity contribution in [2.24, 2.45) is 9.98 Å². The Bertz CT molecular complexity index is 406. The summed E-state index contributed by atoms with van der Waals surface area (Å²) in [6.45, 7) is 3.51. The molecule has 7 heteroatoms. The maximum absolute atomic E-state index is 8.93. The van der Waals surface area contributed by atoms with Gasteiger partial charge in [-0.1, -0.05) is 0 Å². The number of nitriles is 1. The summed E-state index contributed by atoms with van der Waals surface area (Å²) in [6, 6.07) is 2.52. The van der Waals surface area contributed by atoms with Crippen LogP contribution in [-0.4, -0.2) is 29.1 Å². The third-order valence-corrected chi connectivity index (χ3v) is 2.66. The van der Waals surface area contributed by atoms with Crippen molar-refractivity contribution >= 4 is 23.9 Å². The highest BCUT2D eigenvalue weighted by atomic mass is 35.5. The lowest BCUT2D eigenvalue weighted by Gasteiger charge is -2.27. The number of hydrogen-bond acceptors (Lipinski definition) is 6. The lowest BCUT2D eigenvalue weighted by atomic mass is 10.1. The lowest BCUT2D eigenvalue weighted by molar-refractivity contribution is 0.474. The van der Waals surface area contributed by atoms with Crippen LogP contribution in [0.2, 0.25) is 0 Å². The predicted molar refractivity (Wildman–Crippen MR) is 66.6 cm³/mol. The van der Waals surface area contributed by atoms with E-state index in [2.05, 4.69) is 32.0 Å². The van der Waals surface area contributed by atoms with E-state index in [9.17, 15) is 0 Å². The molecule has 0 radical (unpaired) electrons. The van der Waals surface area contributed by atoms with E-state index >= 15 is 0 Å². The van der Waals surface area contributed by atoms with Crippen molar-refractivity contribution in [3.63, 3.8) is 0 Å². The Hall–Kier alpha value is -1.32. The first-order valence-electron chi connectivity index (χ1n) is 5.49. The molecule has 1 heterocycles. The van der Waals surface area contributed by atoms with Crippen LogP contribution in [-0.2, 0) is 0 Å². The molecule has 0 bridgehead atoms. The fraction of sp³-hybridized carbons (Fsp3) is 0.700. The summed E-state index contributed by atoms with van der Waals surface area (Å²) in [5.74, 6) is 0.440. The molecule has 3 N–H and O–H groups in total. The van der Waals surface area contributed by atoms with Gasteiger partial charge in [0.05, 0.1) is 12.4 Å². The Morgan fingerprint density at radius 3 is 2.94 bits per heavy atom. The average molecular weight is 255 g/mol.